The second-order valence-electron chi connectivity index (χ2n) is 6.91. The molecule has 33 heavy (non-hydrogen) atoms. The van der Waals surface area contributed by atoms with Gasteiger partial charge in [0.2, 0.25) is 5.78 Å². The van der Waals surface area contributed by atoms with Gasteiger partial charge in [-0.15, -0.1) is 0 Å². The third kappa shape index (κ3) is 4.38. The Morgan fingerprint density at radius 3 is 2.52 bits per heavy atom. The number of nitro benzene ring substituents is 1. The molecule has 0 amide bonds. The Bertz CT molecular complexity index is 1310. The van der Waals surface area contributed by atoms with Crippen molar-refractivity contribution in [2.45, 2.75) is 0 Å². The smallest absolute Gasteiger partial charge is 0.343 e. The standard InChI is InChI=1S/C24H17NO8/c1-30-19-9-6-14(10-21(19)31-2)11-22-23(26)18-8-7-17(13-20(18)33-22)32-24(27)15-4-3-5-16(12-15)25(28)29/h3-13H,1-2H3. The van der Waals surface area contributed by atoms with E-state index in [2.05, 4.69) is 0 Å². The van der Waals surface area contributed by atoms with Crippen molar-refractivity contribution in [3.05, 3.63) is 93.2 Å². The van der Waals surface area contributed by atoms with Gasteiger partial charge in [-0.3, -0.25) is 14.9 Å². The first-order chi connectivity index (χ1) is 15.9. The van der Waals surface area contributed by atoms with Gasteiger partial charge in [0.1, 0.15) is 11.5 Å². The van der Waals surface area contributed by atoms with Gasteiger partial charge in [-0.05, 0) is 42.0 Å². The highest BCUT2D eigenvalue weighted by Crippen LogP contribution is 2.36. The lowest BCUT2D eigenvalue weighted by Gasteiger charge is -2.08. The molecule has 1 aliphatic heterocycles. The van der Waals surface area contributed by atoms with Crippen molar-refractivity contribution < 1.29 is 33.5 Å². The third-order valence-electron chi connectivity index (χ3n) is 4.85. The van der Waals surface area contributed by atoms with Crippen molar-refractivity contribution in [1.82, 2.24) is 0 Å². The molecule has 9 nitrogen and oxygen atoms in total. The van der Waals surface area contributed by atoms with E-state index in [4.69, 9.17) is 18.9 Å². The highest BCUT2D eigenvalue weighted by Gasteiger charge is 2.28. The largest absolute Gasteiger partial charge is 0.493 e. The number of allylic oxidation sites excluding steroid dienone is 1. The Balaban J connectivity index is 1.54. The van der Waals surface area contributed by atoms with Gasteiger partial charge >= 0.3 is 5.97 Å². The molecule has 0 fully saturated rings. The van der Waals surface area contributed by atoms with Crippen LogP contribution in [-0.2, 0) is 0 Å². The quantitative estimate of drug-likeness (QED) is 0.179. The molecule has 0 radical (unpaired) electrons. The molecule has 0 atom stereocenters. The fraction of sp³-hybridized carbons (Fsp3) is 0.0833. The summed E-state index contributed by atoms with van der Waals surface area (Å²) in [5.74, 6) is 0.420. The molecule has 0 saturated heterocycles. The van der Waals surface area contributed by atoms with Crippen LogP contribution in [0.25, 0.3) is 6.08 Å². The third-order valence-corrected chi connectivity index (χ3v) is 4.85. The summed E-state index contributed by atoms with van der Waals surface area (Å²) in [6.45, 7) is 0. The molecular weight excluding hydrogens is 430 g/mol. The normalized spacial score (nSPS) is 13.3. The number of Topliss-reactive ketones (excluding diaryl/α,β-unsaturated/α-hetero) is 1. The maximum atomic E-state index is 12.7. The van der Waals surface area contributed by atoms with E-state index >= 15 is 0 Å². The summed E-state index contributed by atoms with van der Waals surface area (Å²) in [6, 6.07) is 14.7. The molecule has 1 heterocycles. The van der Waals surface area contributed by atoms with E-state index < -0.39 is 10.9 Å². The van der Waals surface area contributed by atoms with E-state index in [1.54, 1.807) is 24.3 Å². The second kappa shape index (κ2) is 8.83. The number of methoxy groups -OCH3 is 2. The summed E-state index contributed by atoms with van der Waals surface area (Å²) in [4.78, 5) is 35.4. The van der Waals surface area contributed by atoms with Gasteiger partial charge in [0.05, 0.1) is 30.3 Å². The number of fused-ring (bicyclic) bond motifs is 1. The molecule has 3 aromatic rings. The number of esters is 1. The Hall–Kier alpha value is -4.66. The Kier molecular flexibility index (Phi) is 5.77. The van der Waals surface area contributed by atoms with Crippen LogP contribution in [0, 0.1) is 10.1 Å². The Labute approximate surface area is 187 Å². The summed E-state index contributed by atoms with van der Waals surface area (Å²) < 4.78 is 21.5. The van der Waals surface area contributed by atoms with Crippen LogP contribution in [-0.4, -0.2) is 30.9 Å². The van der Waals surface area contributed by atoms with Crippen molar-refractivity contribution in [3.8, 4) is 23.0 Å². The number of carbonyl (C=O) groups is 2. The first-order valence-corrected chi connectivity index (χ1v) is 9.66. The molecule has 0 aromatic heterocycles. The van der Waals surface area contributed by atoms with Gasteiger partial charge in [0.25, 0.3) is 5.69 Å². The molecule has 0 saturated carbocycles. The van der Waals surface area contributed by atoms with E-state index in [1.165, 1.54) is 50.6 Å². The van der Waals surface area contributed by atoms with E-state index in [1.807, 2.05) is 0 Å². The van der Waals surface area contributed by atoms with Gasteiger partial charge in [-0.25, -0.2) is 4.79 Å². The molecule has 4 rings (SSSR count). The van der Waals surface area contributed by atoms with Crippen LogP contribution < -0.4 is 18.9 Å². The van der Waals surface area contributed by atoms with E-state index in [0.29, 0.717) is 22.6 Å². The van der Waals surface area contributed by atoms with Crippen LogP contribution in [0.5, 0.6) is 23.0 Å². The van der Waals surface area contributed by atoms with Crippen LogP contribution >= 0.6 is 0 Å². The monoisotopic (exact) mass is 447 g/mol. The van der Waals surface area contributed by atoms with E-state index in [0.717, 1.165) is 6.07 Å². The van der Waals surface area contributed by atoms with Crippen molar-refractivity contribution in [3.63, 3.8) is 0 Å². The fourth-order valence-corrected chi connectivity index (χ4v) is 3.24. The zero-order valence-corrected chi connectivity index (χ0v) is 17.6. The second-order valence-corrected chi connectivity index (χ2v) is 6.91. The molecule has 0 bridgehead atoms. The number of benzene rings is 3. The molecule has 3 aromatic carbocycles. The fourth-order valence-electron chi connectivity index (χ4n) is 3.24. The van der Waals surface area contributed by atoms with Gasteiger partial charge < -0.3 is 18.9 Å². The van der Waals surface area contributed by atoms with Crippen molar-refractivity contribution in [2.24, 2.45) is 0 Å². The van der Waals surface area contributed by atoms with Crippen molar-refractivity contribution >= 4 is 23.5 Å². The van der Waals surface area contributed by atoms with Crippen molar-refractivity contribution in [1.29, 1.82) is 0 Å². The van der Waals surface area contributed by atoms with Gasteiger partial charge in [0, 0.05) is 18.2 Å². The highest BCUT2D eigenvalue weighted by molar-refractivity contribution is 6.14. The van der Waals surface area contributed by atoms with Gasteiger partial charge in [-0.2, -0.15) is 0 Å². The first kappa shape index (κ1) is 21.6. The number of ether oxygens (including phenoxy) is 4. The number of ketones is 1. The van der Waals surface area contributed by atoms with E-state index in [-0.39, 0.29) is 34.3 Å². The highest BCUT2D eigenvalue weighted by atomic mass is 16.6. The number of nitro groups is 1. The molecule has 166 valence electrons. The zero-order valence-electron chi connectivity index (χ0n) is 17.6. The summed E-state index contributed by atoms with van der Waals surface area (Å²) >= 11 is 0. The topological polar surface area (TPSA) is 114 Å². The summed E-state index contributed by atoms with van der Waals surface area (Å²) in [6.07, 6.45) is 1.57. The lowest BCUT2D eigenvalue weighted by Crippen LogP contribution is -2.08. The number of rotatable bonds is 6. The van der Waals surface area contributed by atoms with Crippen LogP contribution in [0.2, 0.25) is 0 Å². The minimum absolute atomic E-state index is 0.0238. The number of hydrogen-bond acceptors (Lipinski definition) is 8. The van der Waals surface area contributed by atoms with Crippen LogP contribution in [0.15, 0.2) is 66.4 Å². The molecule has 0 N–H and O–H groups in total. The number of nitrogens with zero attached hydrogens (tertiary/aromatic N) is 1. The lowest BCUT2D eigenvalue weighted by molar-refractivity contribution is -0.384. The minimum Gasteiger partial charge on any atom is -0.493 e. The van der Waals surface area contributed by atoms with E-state index in [9.17, 15) is 19.7 Å². The summed E-state index contributed by atoms with van der Waals surface area (Å²) in [5.41, 5.74) is 0.783. The maximum absolute atomic E-state index is 12.7. The lowest BCUT2D eigenvalue weighted by atomic mass is 10.1. The summed E-state index contributed by atoms with van der Waals surface area (Å²) in [7, 11) is 3.04. The van der Waals surface area contributed by atoms with Crippen molar-refractivity contribution in [2.75, 3.05) is 14.2 Å². The summed E-state index contributed by atoms with van der Waals surface area (Å²) in [5, 5.41) is 10.9. The molecule has 0 spiro atoms. The minimum atomic E-state index is -0.774. The zero-order chi connectivity index (χ0) is 23.5. The van der Waals surface area contributed by atoms with Crippen LogP contribution in [0.1, 0.15) is 26.3 Å². The first-order valence-electron chi connectivity index (χ1n) is 9.66. The molecular formula is C24H17NO8. The molecule has 0 aliphatic carbocycles. The predicted molar refractivity (Wildman–Crippen MR) is 117 cm³/mol. The van der Waals surface area contributed by atoms with Crippen LogP contribution in [0.4, 0.5) is 5.69 Å². The number of carbonyl (C=O) groups excluding carboxylic acids is 2. The number of non-ortho nitro benzene ring substituents is 1. The Morgan fingerprint density at radius 1 is 1.00 bits per heavy atom. The average Bonchev–Trinajstić information content (AvgIpc) is 3.13. The van der Waals surface area contributed by atoms with Gasteiger partial charge in [-0.1, -0.05) is 12.1 Å². The number of hydrogen-bond donors (Lipinski definition) is 0. The predicted octanol–water partition coefficient (Wildman–Crippen LogP) is 4.45. The molecule has 9 heteroatoms. The SMILES string of the molecule is COc1ccc(C=C2Oc3cc(OC(=O)c4cccc([N+](=O)[O-])c4)ccc3C2=O)cc1OC. The van der Waals surface area contributed by atoms with Crippen LogP contribution in [0.3, 0.4) is 0 Å². The maximum Gasteiger partial charge on any atom is 0.343 e. The average molecular weight is 447 g/mol. The molecule has 0 unspecified atom stereocenters. The Morgan fingerprint density at radius 2 is 1.79 bits per heavy atom. The molecule has 1 aliphatic rings. The van der Waals surface area contributed by atoms with Gasteiger partial charge in [0.15, 0.2) is 17.3 Å².